The lowest BCUT2D eigenvalue weighted by Gasteiger charge is -2.25. The van der Waals surface area contributed by atoms with Gasteiger partial charge in [-0.25, -0.2) is 4.99 Å². The molecule has 0 aliphatic rings. The molecule has 5 rings (SSSR count). The van der Waals surface area contributed by atoms with Crippen molar-refractivity contribution in [2.24, 2.45) is 4.99 Å². The first-order valence-electron chi connectivity index (χ1n) is 11.7. The highest BCUT2D eigenvalue weighted by Crippen LogP contribution is 2.35. The summed E-state index contributed by atoms with van der Waals surface area (Å²) in [7, 11) is 0. The number of para-hydroxylation sites is 2. The second kappa shape index (κ2) is 10.5. The first-order valence-corrected chi connectivity index (χ1v) is 11.7. The quantitative estimate of drug-likeness (QED) is 0.235. The van der Waals surface area contributed by atoms with E-state index in [0.717, 1.165) is 39.4 Å². The molecule has 0 atom stereocenters. The molecule has 35 heavy (non-hydrogen) atoms. The first kappa shape index (κ1) is 22.2. The summed E-state index contributed by atoms with van der Waals surface area (Å²) in [6, 6.07) is 48.1. The fraction of sp³-hybridized carbons (Fsp3) is 0.0303. The van der Waals surface area contributed by atoms with Crippen LogP contribution in [0.1, 0.15) is 12.5 Å². The molecule has 5 aromatic carbocycles. The Labute approximate surface area is 207 Å². The minimum absolute atomic E-state index is 0.889. The number of hydrogen-bond acceptors (Lipinski definition) is 2. The van der Waals surface area contributed by atoms with Gasteiger partial charge in [0.25, 0.3) is 0 Å². The van der Waals surface area contributed by atoms with Crippen LogP contribution in [0.25, 0.3) is 16.7 Å². The van der Waals surface area contributed by atoms with E-state index < -0.39 is 0 Å². The summed E-state index contributed by atoms with van der Waals surface area (Å²) in [5.74, 6) is 3.16. The van der Waals surface area contributed by atoms with E-state index in [1.165, 1.54) is 5.56 Å². The number of allylic oxidation sites excluding steroid dienone is 1. The van der Waals surface area contributed by atoms with Crippen molar-refractivity contribution in [3.63, 3.8) is 0 Å². The SMILES string of the molecule is CC(=C=Nc1ccc(-c2ccc(N(c3ccccc3)c3ccccc3)cc2)cc1)c1ccccc1. The first-order chi connectivity index (χ1) is 17.3. The summed E-state index contributed by atoms with van der Waals surface area (Å²) in [5.41, 5.74) is 8.75. The van der Waals surface area contributed by atoms with E-state index >= 15 is 0 Å². The second-order valence-electron chi connectivity index (χ2n) is 8.31. The molecular weight excluding hydrogens is 424 g/mol. The summed E-state index contributed by atoms with van der Waals surface area (Å²) in [5, 5.41) is 0. The number of aliphatic imine (C=N–C) groups is 1. The van der Waals surface area contributed by atoms with Gasteiger partial charge in [-0.15, -0.1) is 0 Å². The molecule has 0 aromatic heterocycles. The zero-order valence-electron chi connectivity index (χ0n) is 19.7. The molecule has 0 spiro atoms. The van der Waals surface area contributed by atoms with E-state index in [1.54, 1.807) is 0 Å². The van der Waals surface area contributed by atoms with E-state index in [-0.39, 0.29) is 0 Å². The van der Waals surface area contributed by atoms with Crippen LogP contribution in [-0.4, -0.2) is 5.87 Å². The van der Waals surface area contributed by atoms with Crippen LogP contribution >= 0.6 is 0 Å². The van der Waals surface area contributed by atoms with Crippen molar-refractivity contribution in [1.29, 1.82) is 0 Å². The van der Waals surface area contributed by atoms with Crippen molar-refractivity contribution < 1.29 is 0 Å². The van der Waals surface area contributed by atoms with Gasteiger partial charge in [-0.3, -0.25) is 0 Å². The lowest BCUT2D eigenvalue weighted by molar-refractivity contribution is 1.28. The predicted octanol–water partition coefficient (Wildman–Crippen LogP) is 9.23. The van der Waals surface area contributed by atoms with Gasteiger partial charge in [-0.05, 0) is 78.0 Å². The Bertz CT molecular complexity index is 1390. The van der Waals surface area contributed by atoms with Gasteiger partial charge in [0.1, 0.15) is 0 Å². The Kier molecular flexibility index (Phi) is 6.66. The molecule has 0 bridgehead atoms. The average molecular weight is 451 g/mol. The molecule has 0 amide bonds. The van der Waals surface area contributed by atoms with Gasteiger partial charge >= 0.3 is 0 Å². The Morgan fingerprint density at radius 3 is 1.46 bits per heavy atom. The smallest absolute Gasteiger partial charge is 0.0730 e. The summed E-state index contributed by atoms with van der Waals surface area (Å²) in [6.45, 7) is 2.03. The third-order valence-corrected chi connectivity index (χ3v) is 5.91. The van der Waals surface area contributed by atoms with Gasteiger partial charge in [-0.2, -0.15) is 0 Å². The number of rotatable bonds is 6. The number of nitrogens with zero attached hydrogens (tertiary/aromatic N) is 2. The van der Waals surface area contributed by atoms with Gasteiger partial charge in [0.2, 0.25) is 0 Å². The van der Waals surface area contributed by atoms with Crippen LogP contribution in [0.4, 0.5) is 22.7 Å². The number of hydrogen-bond donors (Lipinski definition) is 0. The van der Waals surface area contributed by atoms with Crippen LogP contribution in [-0.2, 0) is 0 Å². The average Bonchev–Trinajstić information content (AvgIpc) is 2.94. The maximum absolute atomic E-state index is 4.53. The molecule has 2 heteroatoms. The van der Waals surface area contributed by atoms with E-state index in [1.807, 2.05) is 49.4 Å². The van der Waals surface area contributed by atoms with Gasteiger partial charge in [0.15, 0.2) is 0 Å². The molecule has 0 N–H and O–H groups in total. The third-order valence-electron chi connectivity index (χ3n) is 5.91. The molecular formula is C33H26N2. The minimum atomic E-state index is 0.889. The fourth-order valence-corrected chi connectivity index (χ4v) is 4.03. The normalized spacial score (nSPS) is 10.3. The highest BCUT2D eigenvalue weighted by Gasteiger charge is 2.11. The van der Waals surface area contributed by atoms with Crippen LogP contribution in [0.2, 0.25) is 0 Å². The fourth-order valence-electron chi connectivity index (χ4n) is 4.03. The summed E-state index contributed by atoms with van der Waals surface area (Å²) in [4.78, 5) is 6.79. The van der Waals surface area contributed by atoms with Crippen molar-refractivity contribution in [1.82, 2.24) is 0 Å². The Hall–Kier alpha value is -4.65. The molecule has 0 aliphatic heterocycles. The van der Waals surface area contributed by atoms with Crippen LogP contribution in [0, 0.1) is 0 Å². The number of anilines is 3. The van der Waals surface area contributed by atoms with Crippen LogP contribution in [0.3, 0.4) is 0 Å². The summed E-state index contributed by atoms with van der Waals surface area (Å²) < 4.78 is 0. The zero-order valence-corrected chi connectivity index (χ0v) is 19.7. The molecule has 0 heterocycles. The Balaban J connectivity index is 1.39. The highest BCUT2D eigenvalue weighted by atomic mass is 15.1. The summed E-state index contributed by atoms with van der Waals surface area (Å²) in [6.07, 6.45) is 0. The molecule has 0 radical (unpaired) electrons. The molecule has 168 valence electrons. The zero-order chi connectivity index (χ0) is 23.9. The van der Waals surface area contributed by atoms with E-state index in [0.29, 0.717) is 0 Å². The lowest BCUT2D eigenvalue weighted by atomic mass is 10.0. The molecule has 0 unspecified atom stereocenters. The maximum Gasteiger partial charge on any atom is 0.0730 e. The van der Waals surface area contributed by atoms with Crippen molar-refractivity contribution in [2.45, 2.75) is 6.92 Å². The Morgan fingerprint density at radius 1 is 0.514 bits per heavy atom. The molecule has 5 aromatic rings. The third kappa shape index (κ3) is 5.30. The topological polar surface area (TPSA) is 15.6 Å². The van der Waals surface area contributed by atoms with Gasteiger partial charge in [0.05, 0.1) is 5.69 Å². The van der Waals surface area contributed by atoms with Gasteiger partial charge < -0.3 is 4.90 Å². The van der Waals surface area contributed by atoms with E-state index in [2.05, 4.69) is 113 Å². The van der Waals surface area contributed by atoms with Crippen molar-refractivity contribution in [2.75, 3.05) is 4.90 Å². The predicted molar refractivity (Wildman–Crippen MR) is 149 cm³/mol. The maximum atomic E-state index is 4.53. The summed E-state index contributed by atoms with van der Waals surface area (Å²) >= 11 is 0. The van der Waals surface area contributed by atoms with Crippen molar-refractivity contribution >= 4 is 34.2 Å². The molecule has 2 nitrogen and oxygen atoms in total. The highest BCUT2D eigenvalue weighted by molar-refractivity contribution is 5.89. The van der Waals surface area contributed by atoms with Crippen molar-refractivity contribution in [3.05, 3.63) is 145 Å². The van der Waals surface area contributed by atoms with Gasteiger partial charge in [-0.1, -0.05) is 91.0 Å². The van der Waals surface area contributed by atoms with Crippen LogP contribution in [0.5, 0.6) is 0 Å². The largest absolute Gasteiger partial charge is 0.311 e. The Morgan fingerprint density at radius 2 is 0.943 bits per heavy atom. The monoisotopic (exact) mass is 450 g/mol. The van der Waals surface area contributed by atoms with E-state index in [4.69, 9.17) is 0 Å². The number of benzene rings is 5. The van der Waals surface area contributed by atoms with E-state index in [9.17, 15) is 0 Å². The lowest BCUT2D eigenvalue weighted by Crippen LogP contribution is -2.09. The van der Waals surface area contributed by atoms with Crippen molar-refractivity contribution in [3.8, 4) is 11.1 Å². The standard InChI is InChI=1S/C33H26N2/c1-26(27-11-5-2-6-12-27)25-34-30-21-17-28(18-22-30)29-19-23-33(24-20-29)35(31-13-7-3-8-14-31)32-15-9-4-10-16-32/h2-24H,1H3. The van der Waals surface area contributed by atoms with Crippen LogP contribution in [0.15, 0.2) is 145 Å². The molecule has 0 fully saturated rings. The molecule has 0 saturated carbocycles. The minimum Gasteiger partial charge on any atom is -0.311 e. The van der Waals surface area contributed by atoms with Gasteiger partial charge in [0, 0.05) is 22.6 Å². The molecule has 0 saturated heterocycles. The molecule has 0 aliphatic carbocycles. The second-order valence-corrected chi connectivity index (χ2v) is 8.31. The van der Waals surface area contributed by atoms with Crippen LogP contribution < -0.4 is 4.90 Å².